The number of nitrogens with one attached hydrogen (secondary N) is 1. The van der Waals surface area contributed by atoms with E-state index >= 15 is 0 Å². The Labute approximate surface area is 87.4 Å². The van der Waals surface area contributed by atoms with E-state index in [9.17, 15) is 0 Å². The van der Waals surface area contributed by atoms with Crippen LogP contribution in [0.25, 0.3) is 5.65 Å². The monoisotopic (exact) mass is 203 g/mol. The summed E-state index contributed by atoms with van der Waals surface area (Å²) in [4.78, 5) is 4.36. The van der Waals surface area contributed by atoms with Crippen molar-refractivity contribution < 1.29 is 0 Å². The molecule has 0 fully saturated rings. The molecule has 5 heteroatoms. The van der Waals surface area contributed by atoms with Gasteiger partial charge >= 0.3 is 0 Å². The van der Waals surface area contributed by atoms with Crippen molar-refractivity contribution in [2.45, 2.75) is 19.8 Å². The summed E-state index contributed by atoms with van der Waals surface area (Å²) in [7, 11) is 0. The number of rotatable bonds is 2. The maximum atomic E-state index is 7.43. The van der Waals surface area contributed by atoms with Crippen LogP contribution in [0.3, 0.4) is 0 Å². The number of nitrogens with zero attached hydrogens (tertiary/aromatic N) is 3. The van der Waals surface area contributed by atoms with Crippen molar-refractivity contribution in [2.75, 3.05) is 0 Å². The zero-order valence-electron chi connectivity index (χ0n) is 8.73. The van der Waals surface area contributed by atoms with E-state index in [1.807, 2.05) is 19.9 Å². The molecule has 2 aromatic rings. The number of nitrogens with two attached hydrogens (primary N) is 1. The lowest BCUT2D eigenvalue weighted by molar-refractivity contribution is 0.765. The molecule has 0 saturated heterocycles. The topological polar surface area (TPSA) is 80.1 Å². The molecule has 0 aliphatic heterocycles. The standard InChI is InChI=1S/C10H13N5/c1-6(2)9-13-10-7(8(11)12)4-3-5-15(10)14-9/h3-6H,1-2H3,(H3,11,12). The van der Waals surface area contributed by atoms with E-state index in [0.29, 0.717) is 11.2 Å². The predicted molar refractivity (Wildman–Crippen MR) is 58.1 cm³/mol. The van der Waals surface area contributed by atoms with E-state index in [1.165, 1.54) is 0 Å². The fourth-order valence-corrected chi connectivity index (χ4v) is 1.38. The lowest BCUT2D eigenvalue weighted by atomic mass is 10.2. The molecule has 0 radical (unpaired) electrons. The second kappa shape index (κ2) is 3.34. The van der Waals surface area contributed by atoms with E-state index in [1.54, 1.807) is 16.8 Å². The first-order valence-corrected chi connectivity index (χ1v) is 4.79. The Hall–Kier alpha value is -1.91. The summed E-state index contributed by atoms with van der Waals surface area (Å²) < 4.78 is 1.66. The summed E-state index contributed by atoms with van der Waals surface area (Å²) >= 11 is 0. The fraction of sp³-hybridized carbons (Fsp3) is 0.300. The molecule has 0 spiro atoms. The summed E-state index contributed by atoms with van der Waals surface area (Å²) in [6.07, 6.45) is 1.81. The first-order valence-electron chi connectivity index (χ1n) is 4.79. The zero-order valence-corrected chi connectivity index (χ0v) is 8.73. The van der Waals surface area contributed by atoms with Crippen molar-refractivity contribution >= 4 is 11.5 Å². The van der Waals surface area contributed by atoms with Crippen LogP contribution in [0.5, 0.6) is 0 Å². The summed E-state index contributed by atoms with van der Waals surface area (Å²) in [6, 6.07) is 3.58. The molecule has 2 heterocycles. The van der Waals surface area contributed by atoms with Gasteiger partial charge in [-0.3, -0.25) is 5.41 Å². The molecule has 0 aliphatic carbocycles. The normalized spacial score (nSPS) is 11.1. The maximum absolute atomic E-state index is 7.43. The van der Waals surface area contributed by atoms with Gasteiger partial charge in [0.25, 0.3) is 0 Å². The lowest BCUT2D eigenvalue weighted by Gasteiger charge is -1.98. The third kappa shape index (κ3) is 1.56. The Morgan fingerprint density at radius 2 is 2.27 bits per heavy atom. The molecule has 0 saturated carbocycles. The van der Waals surface area contributed by atoms with Gasteiger partial charge in [-0.25, -0.2) is 9.50 Å². The number of pyridine rings is 1. The van der Waals surface area contributed by atoms with Crippen molar-refractivity contribution in [2.24, 2.45) is 5.73 Å². The average Bonchev–Trinajstić information content (AvgIpc) is 2.60. The molecule has 0 bridgehead atoms. The Morgan fingerprint density at radius 3 is 2.87 bits per heavy atom. The maximum Gasteiger partial charge on any atom is 0.166 e. The second-order valence-corrected chi connectivity index (χ2v) is 3.73. The summed E-state index contributed by atoms with van der Waals surface area (Å²) in [6.45, 7) is 4.06. The van der Waals surface area contributed by atoms with Crippen molar-refractivity contribution in [1.82, 2.24) is 14.6 Å². The van der Waals surface area contributed by atoms with Crippen LogP contribution >= 0.6 is 0 Å². The molecule has 2 rings (SSSR count). The van der Waals surface area contributed by atoms with Crippen molar-refractivity contribution in [3.63, 3.8) is 0 Å². The molecule has 15 heavy (non-hydrogen) atoms. The predicted octanol–water partition coefficient (Wildman–Crippen LogP) is 1.14. The van der Waals surface area contributed by atoms with Crippen LogP contribution in [0, 0.1) is 5.41 Å². The number of hydrogen-bond acceptors (Lipinski definition) is 3. The highest BCUT2D eigenvalue weighted by molar-refractivity contribution is 6.00. The van der Waals surface area contributed by atoms with Crippen LogP contribution in [0.2, 0.25) is 0 Å². The van der Waals surface area contributed by atoms with Gasteiger partial charge in [0, 0.05) is 12.1 Å². The van der Waals surface area contributed by atoms with E-state index in [2.05, 4.69) is 10.1 Å². The van der Waals surface area contributed by atoms with Gasteiger partial charge in [0.05, 0.1) is 5.56 Å². The number of hydrogen-bond donors (Lipinski definition) is 2. The Morgan fingerprint density at radius 1 is 1.53 bits per heavy atom. The summed E-state index contributed by atoms with van der Waals surface area (Å²) in [5, 5.41) is 11.7. The molecule has 78 valence electrons. The van der Waals surface area contributed by atoms with E-state index in [-0.39, 0.29) is 11.8 Å². The highest BCUT2D eigenvalue weighted by atomic mass is 15.3. The van der Waals surface area contributed by atoms with Crippen LogP contribution in [0.4, 0.5) is 0 Å². The molecule has 3 N–H and O–H groups in total. The van der Waals surface area contributed by atoms with Crippen LogP contribution in [0.15, 0.2) is 18.3 Å². The molecule has 5 nitrogen and oxygen atoms in total. The Balaban J connectivity index is 2.70. The smallest absolute Gasteiger partial charge is 0.166 e. The minimum absolute atomic E-state index is 0.0170. The van der Waals surface area contributed by atoms with Gasteiger partial charge < -0.3 is 5.73 Å². The third-order valence-corrected chi connectivity index (χ3v) is 2.19. The van der Waals surface area contributed by atoms with E-state index in [4.69, 9.17) is 11.1 Å². The molecule has 0 atom stereocenters. The molecular formula is C10H13N5. The van der Waals surface area contributed by atoms with Gasteiger partial charge in [-0.1, -0.05) is 13.8 Å². The van der Waals surface area contributed by atoms with Crippen LogP contribution < -0.4 is 5.73 Å². The minimum Gasteiger partial charge on any atom is -0.384 e. The van der Waals surface area contributed by atoms with E-state index < -0.39 is 0 Å². The van der Waals surface area contributed by atoms with Crippen LogP contribution in [-0.2, 0) is 0 Å². The fourth-order valence-electron chi connectivity index (χ4n) is 1.38. The molecule has 2 aromatic heterocycles. The van der Waals surface area contributed by atoms with E-state index in [0.717, 1.165) is 5.82 Å². The molecule has 0 aliphatic rings. The molecule has 0 aromatic carbocycles. The van der Waals surface area contributed by atoms with Gasteiger partial charge in [0.1, 0.15) is 5.84 Å². The second-order valence-electron chi connectivity index (χ2n) is 3.73. The Bertz CT molecular complexity index is 512. The number of aromatic nitrogens is 3. The molecule has 0 unspecified atom stereocenters. The highest BCUT2D eigenvalue weighted by Crippen LogP contribution is 2.13. The number of fused-ring (bicyclic) bond motifs is 1. The SMILES string of the molecule is CC(C)c1nc2c(C(=N)N)cccn2n1. The molecule has 0 amide bonds. The number of nitrogen functional groups attached to an aromatic ring is 1. The quantitative estimate of drug-likeness (QED) is 0.567. The van der Waals surface area contributed by atoms with Crippen molar-refractivity contribution in [3.05, 3.63) is 29.7 Å². The molecular weight excluding hydrogens is 190 g/mol. The van der Waals surface area contributed by atoms with Gasteiger partial charge in [-0.15, -0.1) is 0 Å². The van der Waals surface area contributed by atoms with Crippen molar-refractivity contribution in [1.29, 1.82) is 5.41 Å². The summed E-state index contributed by atoms with van der Waals surface area (Å²) in [5.74, 6) is 1.05. The van der Waals surface area contributed by atoms with Gasteiger partial charge in [0.2, 0.25) is 0 Å². The lowest BCUT2D eigenvalue weighted by Crippen LogP contribution is -2.12. The average molecular weight is 203 g/mol. The van der Waals surface area contributed by atoms with Gasteiger partial charge in [-0.05, 0) is 12.1 Å². The van der Waals surface area contributed by atoms with Crippen molar-refractivity contribution in [3.8, 4) is 0 Å². The Kier molecular flexibility index (Phi) is 2.15. The third-order valence-electron chi connectivity index (χ3n) is 2.19. The summed E-state index contributed by atoms with van der Waals surface area (Å²) in [5.41, 5.74) is 6.74. The first-order chi connectivity index (χ1) is 7.09. The highest BCUT2D eigenvalue weighted by Gasteiger charge is 2.11. The first kappa shape index (κ1) is 9.64. The number of amidine groups is 1. The van der Waals surface area contributed by atoms with Gasteiger partial charge in [0.15, 0.2) is 11.5 Å². The van der Waals surface area contributed by atoms with Crippen LogP contribution in [-0.4, -0.2) is 20.4 Å². The zero-order chi connectivity index (χ0) is 11.0. The van der Waals surface area contributed by atoms with Gasteiger partial charge in [-0.2, -0.15) is 5.10 Å². The largest absolute Gasteiger partial charge is 0.384 e. The van der Waals surface area contributed by atoms with Crippen LogP contribution in [0.1, 0.15) is 31.2 Å². The minimum atomic E-state index is 0.0170.